The lowest BCUT2D eigenvalue weighted by Crippen LogP contribution is -2.38. The maximum Gasteiger partial charge on any atom is 0.162 e. The number of carbonyl (C=O) groups excluding carboxylic acids is 1. The van der Waals surface area contributed by atoms with E-state index in [0.717, 1.165) is 17.1 Å². The highest BCUT2D eigenvalue weighted by atomic mass is 32.1. The normalized spacial score (nSPS) is 22.5. The number of hydrogen-bond acceptors (Lipinski definition) is 7. The van der Waals surface area contributed by atoms with Crippen LogP contribution in [0.2, 0.25) is 0 Å². The topological polar surface area (TPSA) is 101 Å². The first kappa shape index (κ1) is 17.8. The lowest BCUT2D eigenvalue weighted by atomic mass is 9.70. The van der Waals surface area contributed by atoms with Gasteiger partial charge in [0.1, 0.15) is 5.01 Å². The fraction of sp³-hybridized carbons (Fsp3) is 0.500. The molecule has 0 saturated heterocycles. The molecule has 1 aromatic rings. The number of rotatable bonds is 5. The Bertz CT molecular complexity index is 771. The first-order valence-electron chi connectivity index (χ1n) is 8.30. The molecule has 25 heavy (non-hydrogen) atoms. The van der Waals surface area contributed by atoms with Gasteiger partial charge in [0.2, 0.25) is 0 Å². The SMILES string of the molecule is CC1(C)CC(=O)C2=C(C1)NC(COCCN)=C(C#N)C2c1nccs1. The van der Waals surface area contributed by atoms with Gasteiger partial charge < -0.3 is 15.8 Å². The van der Waals surface area contributed by atoms with Gasteiger partial charge >= 0.3 is 0 Å². The van der Waals surface area contributed by atoms with Gasteiger partial charge in [-0.25, -0.2) is 4.98 Å². The van der Waals surface area contributed by atoms with Crippen LogP contribution in [0.25, 0.3) is 0 Å². The summed E-state index contributed by atoms with van der Waals surface area (Å²) in [5.74, 6) is -0.310. The lowest BCUT2D eigenvalue weighted by Gasteiger charge is -2.38. The molecule has 1 unspecified atom stereocenters. The van der Waals surface area contributed by atoms with Gasteiger partial charge in [-0.3, -0.25) is 4.79 Å². The molecule has 0 spiro atoms. The number of nitriles is 1. The highest BCUT2D eigenvalue weighted by Gasteiger charge is 2.42. The van der Waals surface area contributed by atoms with Crippen LogP contribution in [0.1, 0.15) is 37.6 Å². The molecular formula is C18H22N4O2S. The van der Waals surface area contributed by atoms with Crippen LogP contribution in [0.5, 0.6) is 0 Å². The van der Waals surface area contributed by atoms with E-state index in [4.69, 9.17) is 10.5 Å². The molecule has 7 heteroatoms. The van der Waals surface area contributed by atoms with Crippen LogP contribution in [0.15, 0.2) is 34.1 Å². The predicted molar refractivity (Wildman–Crippen MR) is 95.6 cm³/mol. The minimum atomic E-state index is -0.402. The third-order valence-electron chi connectivity index (χ3n) is 4.45. The van der Waals surface area contributed by atoms with Gasteiger partial charge in [0.25, 0.3) is 0 Å². The Balaban J connectivity index is 2.06. The summed E-state index contributed by atoms with van der Waals surface area (Å²) in [5, 5.41) is 15.7. The van der Waals surface area contributed by atoms with Crippen LogP contribution >= 0.6 is 11.3 Å². The number of ketones is 1. The summed E-state index contributed by atoms with van der Waals surface area (Å²) in [6.07, 6.45) is 2.95. The summed E-state index contributed by atoms with van der Waals surface area (Å²) in [6, 6.07) is 2.28. The van der Waals surface area contributed by atoms with Crippen molar-refractivity contribution in [2.45, 2.75) is 32.6 Å². The minimum absolute atomic E-state index is 0.0913. The summed E-state index contributed by atoms with van der Waals surface area (Å²) >= 11 is 1.47. The molecule has 132 valence electrons. The van der Waals surface area contributed by atoms with Crippen LogP contribution in [0, 0.1) is 16.7 Å². The molecule has 0 aromatic carbocycles. The second-order valence-corrected chi connectivity index (χ2v) is 8.03. The number of dihydropyridines is 1. The predicted octanol–water partition coefficient (Wildman–Crippen LogP) is 2.23. The van der Waals surface area contributed by atoms with Crippen LogP contribution in [0.4, 0.5) is 0 Å². The molecule has 0 saturated carbocycles. The summed E-state index contributed by atoms with van der Waals surface area (Å²) in [7, 11) is 0. The van der Waals surface area contributed by atoms with Crippen molar-refractivity contribution in [3.05, 3.63) is 39.1 Å². The van der Waals surface area contributed by atoms with Crippen molar-refractivity contribution in [2.24, 2.45) is 11.1 Å². The molecular weight excluding hydrogens is 336 g/mol. The number of allylic oxidation sites excluding steroid dienone is 3. The standard InChI is InChI=1S/C18H22N4O2S/c1-18(2)7-12-16(14(23)8-18)15(17-21-4-6-25-17)11(9-20)13(22-12)10-24-5-3-19/h4,6,15,22H,3,5,7-8,10,19H2,1-2H3. The van der Waals surface area contributed by atoms with E-state index in [2.05, 4.69) is 30.2 Å². The van der Waals surface area contributed by atoms with Crippen LogP contribution < -0.4 is 11.1 Å². The Morgan fingerprint density at radius 3 is 2.96 bits per heavy atom. The summed E-state index contributed by atoms with van der Waals surface area (Å²) < 4.78 is 5.56. The number of aromatic nitrogens is 1. The number of nitrogens with two attached hydrogens (primary N) is 1. The first-order chi connectivity index (χ1) is 12.0. The van der Waals surface area contributed by atoms with Crippen molar-refractivity contribution in [1.82, 2.24) is 10.3 Å². The van der Waals surface area contributed by atoms with Crippen molar-refractivity contribution in [2.75, 3.05) is 19.8 Å². The summed E-state index contributed by atoms with van der Waals surface area (Å²) in [6.45, 7) is 5.28. The van der Waals surface area contributed by atoms with E-state index >= 15 is 0 Å². The molecule has 3 rings (SSSR count). The Morgan fingerprint density at radius 2 is 2.32 bits per heavy atom. The average Bonchev–Trinajstić information content (AvgIpc) is 3.06. The van der Waals surface area contributed by atoms with Crippen LogP contribution in [-0.2, 0) is 9.53 Å². The molecule has 2 heterocycles. The summed E-state index contributed by atoms with van der Waals surface area (Å²) in [5.41, 5.74) is 8.18. The minimum Gasteiger partial charge on any atom is -0.374 e. The van der Waals surface area contributed by atoms with Crippen molar-refractivity contribution >= 4 is 17.1 Å². The Morgan fingerprint density at radius 1 is 1.52 bits per heavy atom. The van der Waals surface area contributed by atoms with E-state index in [1.54, 1.807) is 6.20 Å². The molecule has 0 bridgehead atoms. The molecule has 0 fully saturated rings. The molecule has 1 atom stereocenters. The smallest absolute Gasteiger partial charge is 0.162 e. The third kappa shape index (κ3) is 3.52. The largest absolute Gasteiger partial charge is 0.374 e. The average molecular weight is 358 g/mol. The number of nitrogens with zero attached hydrogens (tertiary/aromatic N) is 2. The zero-order valence-electron chi connectivity index (χ0n) is 14.5. The molecule has 0 amide bonds. The quantitative estimate of drug-likeness (QED) is 0.783. The van der Waals surface area contributed by atoms with E-state index in [1.165, 1.54) is 11.3 Å². The number of Topliss-reactive ketones (excluding diaryl/α,β-unsaturated/α-hetero) is 1. The van der Waals surface area contributed by atoms with Crippen LogP contribution in [-0.4, -0.2) is 30.5 Å². The molecule has 3 N–H and O–H groups in total. The van der Waals surface area contributed by atoms with Gasteiger partial charge in [0, 0.05) is 35.8 Å². The molecule has 1 aliphatic heterocycles. The molecule has 2 aliphatic rings. The fourth-order valence-corrected chi connectivity index (χ4v) is 4.23. The highest BCUT2D eigenvalue weighted by Crippen LogP contribution is 2.46. The second kappa shape index (κ2) is 7.08. The maximum absolute atomic E-state index is 12.9. The molecule has 6 nitrogen and oxygen atoms in total. The van der Waals surface area contributed by atoms with Gasteiger partial charge in [0.15, 0.2) is 5.78 Å². The van der Waals surface area contributed by atoms with E-state index in [0.29, 0.717) is 36.4 Å². The maximum atomic E-state index is 12.9. The second-order valence-electron chi connectivity index (χ2n) is 7.11. The van der Waals surface area contributed by atoms with Crippen molar-refractivity contribution < 1.29 is 9.53 Å². The zero-order chi connectivity index (χ0) is 18.0. The Kier molecular flexibility index (Phi) is 5.04. The summed E-state index contributed by atoms with van der Waals surface area (Å²) in [4.78, 5) is 17.3. The fourth-order valence-electron chi connectivity index (χ4n) is 3.48. The van der Waals surface area contributed by atoms with Gasteiger partial charge in [-0.15, -0.1) is 11.3 Å². The van der Waals surface area contributed by atoms with E-state index in [1.807, 2.05) is 5.38 Å². The Hall–Kier alpha value is -2.01. The highest BCUT2D eigenvalue weighted by molar-refractivity contribution is 7.09. The first-order valence-corrected chi connectivity index (χ1v) is 9.18. The van der Waals surface area contributed by atoms with Gasteiger partial charge in [-0.2, -0.15) is 5.26 Å². The van der Waals surface area contributed by atoms with Crippen molar-refractivity contribution in [3.8, 4) is 6.07 Å². The van der Waals surface area contributed by atoms with Gasteiger partial charge in [-0.05, 0) is 11.8 Å². The number of carbonyl (C=O) groups is 1. The Labute approximate surface area is 151 Å². The van der Waals surface area contributed by atoms with Crippen molar-refractivity contribution in [3.63, 3.8) is 0 Å². The van der Waals surface area contributed by atoms with Crippen LogP contribution in [0.3, 0.4) is 0 Å². The number of hydrogen-bond donors (Lipinski definition) is 2. The van der Waals surface area contributed by atoms with E-state index < -0.39 is 5.92 Å². The van der Waals surface area contributed by atoms with Crippen molar-refractivity contribution in [1.29, 1.82) is 5.26 Å². The molecule has 0 radical (unpaired) electrons. The monoisotopic (exact) mass is 358 g/mol. The number of nitrogens with one attached hydrogen (secondary N) is 1. The van der Waals surface area contributed by atoms with Gasteiger partial charge in [0.05, 0.1) is 36.5 Å². The number of thiazole rings is 1. The molecule has 1 aromatic heterocycles. The van der Waals surface area contributed by atoms with Gasteiger partial charge in [-0.1, -0.05) is 13.8 Å². The molecule has 1 aliphatic carbocycles. The third-order valence-corrected chi connectivity index (χ3v) is 5.29. The number of ether oxygens (including phenoxy) is 1. The zero-order valence-corrected chi connectivity index (χ0v) is 15.3. The van der Waals surface area contributed by atoms with E-state index in [-0.39, 0.29) is 17.8 Å². The van der Waals surface area contributed by atoms with E-state index in [9.17, 15) is 10.1 Å². The lowest BCUT2D eigenvalue weighted by molar-refractivity contribution is -0.118.